The van der Waals surface area contributed by atoms with Gasteiger partial charge in [-0.05, 0) is 96.2 Å². The molecule has 2 aliphatic carbocycles. The van der Waals surface area contributed by atoms with Crippen LogP contribution in [0.3, 0.4) is 0 Å². The number of likely N-dealkylation sites (tertiary alicyclic amines) is 2. The fraction of sp³-hybridized carbons (Fsp3) is 0.458. The number of carboxylic acid groups (broad SMARTS) is 1. The average molecular weight is 924 g/mol. The molecule has 5 aliphatic rings. The molecule has 8 atom stereocenters. The van der Waals surface area contributed by atoms with Crippen molar-refractivity contribution in [3.63, 3.8) is 0 Å². The molecule has 2 aromatic heterocycles. The Kier molecular flexibility index (Phi) is 11.3. The van der Waals surface area contributed by atoms with Crippen LogP contribution in [0.2, 0.25) is 10.3 Å². The maximum Gasteiger partial charge on any atom is 0.407 e. The first-order valence-electron chi connectivity index (χ1n) is 22.5. The molecule has 3 aromatic carbocycles. The van der Waals surface area contributed by atoms with E-state index in [4.69, 9.17) is 42.6 Å². The third-order valence-corrected chi connectivity index (χ3v) is 14.9. The van der Waals surface area contributed by atoms with Crippen LogP contribution in [0, 0.1) is 23.7 Å². The van der Waals surface area contributed by atoms with Gasteiger partial charge in [-0.15, -0.1) is 0 Å². The van der Waals surface area contributed by atoms with Crippen molar-refractivity contribution in [2.45, 2.75) is 88.6 Å². The number of H-pyrrole nitrogens is 2. The second kappa shape index (κ2) is 17.0. The zero-order chi connectivity index (χ0) is 45.4. The molecule has 0 unspecified atom stereocenters. The first-order chi connectivity index (χ1) is 31.3. The molecule has 0 radical (unpaired) electrons. The molecule has 4 N–H and O–H groups in total. The Morgan fingerprint density at radius 3 is 1.83 bits per heavy atom. The summed E-state index contributed by atoms with van der Waals surface area (Å²) >= 11 is 13.7. The largest absolute Gasteiger partial charge is 0.465 e. The van der Waals surface area contributed by atoms with Crippen LogP contribution in [-0.2, 0) is 19.1 Å². The summed E-state index contributed by atoms with van der Waals surface area (Å²) in [6, 6.07) is 18.5. The van der Waals surface area contributed by atoms with E-state index < -0.39 is 24.3 Å². The van der Waals surface area contributed by atoms with Crippen molar-refractivity contribution >= 4 is 58.0 Å². The van der Waals surface area contributed by atoms with Crippen molar-refractivity contribution in [3.8, 4) is 33.6 Å². The molecule has 3 saturated heterocycles. The molecule has 0 bridgehead atoms. The summed E-state index contributed by atoms with van der Waals surface area (Å²) in [5, 5.41) is 15.5. The molecule has 0 spiro atoms. The number of methoxy groups -OCH3 is 1. The smallest absolute Gasteiger partial charge is 0.407 e. The molecule has 5 aromatic rings. The zero-order valence-corrected chi connectivity index (χ0v) is 38.1. The van der Waals surface area contributed by atoms with Crippen LogP contribution in [0.4, 0.5) is 9.59 Å². The number of benzene rings is 3. The number of carbonyl (C=O) groups excluding carboxylic acids is 3. The van der Waals surface area contributed by atoms with Crippen molar-refractivity contribution < 1.29 is 33.8 Å². The van der Waals surface area contributed by atoms with E-state index in [1.807, 2.05) is 54.0 Å². The number of nitrogens with zero attached hydrogens (tertiary/aromatic N) is 5. The van der Waals surface area contributed by atoms with E-state index in [1.54, 1.807) is 0 Å². The van der Waals surface area contributed by atoms with Crippen LogP contribution < -0.4 is 5.32 Å². The number of hydrogen-bond donors (Lipinski definition) is 4. The van der Waals surface area contributed by atoms with E-state index in [9.17, 15) is 24.3 Å². The first kappa shape index (κ1) is 43.3. The second-order valence-electron chi connectivity index (χ2n) is 18.7. The fourth-order valence-electron chi connectivity index (χ4n) is 10.7. The highest BCUT2D eigenvalue weighted by molar-refractivity contribution is 6.32. The minimum atomic E-state index is -1.12. The van der Waals surface area contributed by atoms with E-state index in [0.717, 1.165) is 58.7 Å². The van der Waals surface area contributed by atoms with Crippen LogP contribution in [0.5, 0.6) is 0 Å². The molecular weight excluding hydrogens is 871 g/mol. The number of imidazole rings is 2. The minimum absolute atomic E-state index is 0.0614. The monoisotopic (exact) mass is 922 g/mol. The number of halogens is 2. The Morgan fingerprint density at radius 1 is 0.769 bits per heavy atom. The number of carbonyl (C=O) groups is 4. The Balaban J connectivity index is 0.848. The lowest BCUT2D eigenvalue weighted by molar-refractivity contribution is -0.141. The Hall–Kier alpha value is -5.64. The van der Waals surface area contributed by atoms with Crippen LogP contribution in [0.1, 0.15) is 76.1 Å². The molecule has 10 rings (SSSR count). The first-order valence-corrected chi connectivity index (χ1v) is 23.2. The highest BCUT2D eigenvalue weighted by atomic mass is 35.5. The number of rotatable bonds is 11. The summed E-state index contributed by atoms with van der Waals surface area (Å²) in [6.45, 7) is 4.81. The van der Waals surface area contributed by atoms with Gasteiger partial charge < -0.3 is 39.7 Å². The summed E-state index contributed by atoms with van der Waals surface area (Å²) in [5.41, 5.74) is 4.92. The molecule has 4 amide bonds. The number of piperidine rings is 2. The highest BCUT2D eigenvalue weighted by Crippen LogP contribution is 2.55. The topological polar surface area (TPSA) is 186 Å². The Morgan fingerprint density at radius 2 is 1.28 bits per heavy atom. The van der Waals surface area contributed by atoms with Crippen LogP contribution in [0.25, 0.3) is 44.4 Å². The van der Waals surface area contributed by atoms with Crippen LogP contribution >= 0.6 is 23.2 Å². The molecule has 5 fully saturated rings. The quantitative estimate of drug-likeness (QED) is 0.101. The Labute approximate surface area is 386 Å². The van der Waals surface area contributed by atoms with Gasteiger partial charge in [0.15, 0.2) is 0 Å². The van der Waals surface area contributed by atoms with Gasteiger partial charge in [0.25, 0.3) is 0 Å². The average Bonchev–Trinajstić information content (AvgIpc) is 4.01. The molecule has 17 heteroatoms. The molecular formula is C48H52Cl2N8O7. The third kappa shape index (κ3) is 7.99. The van der Waals surface area contributed by atoms with Gasteiger partial charge in [0.2, 0.25) is 11.8 Å². The van der Waals surface area contributed by atoms with Crippen molar-refractivity contribution in [1.29, 1.82) is 0 Å². The summed E-state index contributed by atoms with van der Waals surface area (Å²) in [5.74, 6) is 1.40. The number of alkyl carbamates (subject to hydrolysis) is 1. The van der Waals surface area contributed by atoms with E-state index in [1.165, 1.54) is 19.1 Å². The van der Waals surface area contributed by atoms with Gasteiger partial charge in [0.1, 0.15) is 45.4 Å². The predicted octanol–water partition coefficient (Wildman–Crippen LogP) is 8.70. The van der Waals surface area contributed by atoms with Gasteiger partial charge in [-0.2, -0.15) is 0 Å². The third-order valence-electron chi connectivity index (χ3n) is 14.4. The number of amides is 4. The molecule has 65 heavy (non-hydrogen) atoms. The van der Waals surface area contributed by atoms with Crippen molar-refractivity contribution in [3.05, 3.63) is 82.6 Å². The Bertz CT molecular complexity index is 2680. The lowest BCUT2D eigenvalue weighted by Gasteiger charge is -2.38. The van der Waals surface area contributed by atoms with E-state index in [-0.39, 0.29) is 47.8 Å². The minimum Gasteiger partial charge on any atom is -0.465 e. The lowest BCUT2D eigenvalue weighted by Crippen LogP contribution is -2.54. The summed E-state index contributed by atoms with van der Waals surface area (Å²) in [6.07, 6.45) is 2.85. The van der Waals surface area contributed by atoms with Crippen molar-refractivity contribution in [2.24, 2.45) is 23.7 Å². The van der Waals surface area contributed by atoms with Gasteiger partial charge in [-0.25, -0.2) is 19.6 Å². The predicted molar refractivity (Wildman–Crippen MR) is 244 cm³/mol. The number of nitrogens with one attached hydrogen (secondary N) is 3. The number of hydrogen-bond acceptors (Lipinski definition) is 8. The number of fused-ring (bicyclic) bond motifs is 3. The summed E-state index contributed by atoms with van der Waals surface area (Å²) < 4.78 is 10.3. The maximum atomic E-state index is 14.4. The molecule has 15 nitrogen and oxygen atoms in total. The van der Waals surface area contributed by atoms with Gasteiger partial charge >= 0.3 is 12.2 Å². The summed E-state index contributed by atoms with van der Waals surface area (Å²) in [4.78, 5) is 73.9. The SMILES string of the molecule is COC(=O)N[C@H](C(=O)N1[C@@H]2C[C@@H]2C[C@H]1c1nc(-c2ccc(-c3ccc4cc(-c5nc([C@@H]6C[C@H]7C[C@H]7N6C(=O)[C@H](C6CCOCC6)N(C)C(=O)O)[nH]c5Cl)ccc4c3)cc2)c(Cl)[nH]1)C(C)C. The van der Waals surface area contributed by atoms with Crippen LogP contribution in [-0.4, -0.2) is 115 Å². The second-order valence-corrected chi connectivity index (χ2v) is 19.4. The maximum absolute atomic E-state index is 14.4. The standard InChI is InChI=1S/C48H52Cl2N8O7/c1-23(2)37(53-47(61)64-4)45(59)57-33-19-31(33)21-35(57)43-51-38(41(49)54-43)25-7-5-24(6-8-25)27-9-10-29-18-30(12-11-28(29)17-27)39-42(50)55-44(52-39)36-22-32-20-34(32)58(36)46(60)40(56(3)48(62)63)26-13-15-65-16-14-26/h5-12,17-18,23,26,31-37,40H,13-16,19-22H2,1-4H3,(H,51,54)(H,52,55)(H,53,61)(H,62,63)/t31-,32-,33-,34-,35+,36+,37+,40+/m1/s1. The molecule has 5 heterocycles. The highest BCUT2D eigenvalue weighted by Gasteiger charge is 2.58. The number of ether oxygens (including phenoxy) is 2. The van der Waals surface area contributed by atoms with E-state index >= 15 is 0 Å². The van der Waals surface area contributed by atoms with Gasteiger partial charge in [0, 0.05) is 43.5 Å². The van der Waals surface area contributed by atoms with E-state index in [0.29, 0.717) is 71.2 Å². The zero-order valence-electron chi connectivity index (χ0n) is 36.6. The molecule has 340 valence electrons. The lowest BCUT2D eigenvalue weighted by atomic mass is 9.89. The molecule has 3 aliphatic heterocycles. The normalized spacial score (nSPS) is 24.4. The van der Waals surface area contributed by atoms with Gasteiger partial charge in [-0.1, -0.05) is 85.6 Å². The van der Waals surface area contributed by atoms with Gasteiger partial charge in [-0.3, -0.25) is 14.5 Å². The number of likely N-dealkylation sites (N-methyl/N-ethyl adjacent to an activating group) is 1. The summed E-state index contributed by atoms with van der Waals surface area (Å²) in [7, 11) is 2.77. The van der Waals surface area contributed by atoms with Crippen LogP contribution in [0.15, 0.2) is 60.7 Å². The fourth-order valence-corrected chi connectivity index (χ4v) is 11.2. The van der Waals surface area contributed by atoms with Gasteiger partial charge in [0.05, 0.1) is 19.2 Å². The van der Waals surface area contributed by atoms with E-state index in [2.05, 4.69) is 45.6 Å². The number of aromatic nitrogens is 4. The number of aromatic amines is 2. The van der Waals surface area contributed by atoms with Crippen molar-refractivity contribution in [2.75, 3.05) is 27.4 Å². The molecule has 2 saturated carbocycles. The van der Waals surface area contributed by atoms with Crippen molar-refractivity contribution in [1.82, 2.24) is 40.0 Å².